The van der Waals surface area contributed by atoms with Crippen LogP contribution in [0.2, 0.25) is 0 Å². The van der Waals surface area contributed by atoms with Gasteiger partial charge in [0.2, 0.25) is 15.8 Å². The van der Waals surface area contributed by atoms with Gasteiger partial charge in [-0.2, -0.15) is 9.42 Å². The molecule has 0 spiro atoms. The van der Waals surface area contributed by atoms with Crippen molar-refractivity contribution in [1.29, 1.82) is 0 Å². The minimum absolute atomic E-state index is 0.155. The van der Waals surface area contributed by atoms with E-state index in [1.807, 2.05) is 29.3 Å². The van der Waals surface area contributed by atoms with Gasteiger partial charge in [-0.05, 0) is 103 Å². The average Bonchev–Trinajstić information content (AvgIpc) is 3.12. The van der Waals surface area contributed by atoms with Crippen molar-refractivity contribution in [3.63, 3.8) is 0 Å². The fraction of sp³-hybridized carbons (Fsp3) is 0.385. The number of hydrogen-bond acceptors (Lipinski definition) is 10. The lowest BCUT2D eigenvalue weighted by molar-refractivity contribution is 0.178. The molecule has 5 aliphatic heterocycles. The van der Waals surface area contributed by atoms with Crippen LogP contribution in [0.15, 0.2) is 54.6 Å². The zero-order valence-corrected chi connectivity index (χ0v) is 30.6. The van der Waals surface area contributed by atoms with Gasteiger partial charge in [0.25, 0.3) is 0 Å². The smallest absolute Gasteiger partial charge is 0.245 e. The third-order valence-electron chi connectivity index (χ3n) is 10.7. The van der Waals surface area contributed by atoms with Gasteiger partial charge in [0.15, 0.2) is 34.5 Å². The zero-order chi connectivity index (χ0) is 35.6. The van der Waals surface area contributed by atoms with Crippen LogP contribution in [-0.4, -0.2) is 73.2 Å². The third kappa shape index (κ3) is 5.69. The summed E-state index contributed by atoms with van der Waals surface area (Å²) >= 11 is 0. The minimum Gasteiger partial charge on any atom is -0.493 e. The van der Waals surface area contributed by atoms with E-state index in [1.54, 1.807) is 34.5 Å². The average molecular weight is 714 g/mol. The van der Waals surface area contributed by atoms with Crippen LogP contribution in [0, 0.1) is 0 Å². The van der Waals surface area contributed by atoms with E-state index >= 15 is 0 Å². The molecular formula is C39H43N3O8S. The van der Waals surface area contributed by atoms with E-state index in [0.717, 1.165) is 42.5 Å². The van der Waals surface area contributed by atoms with Gasteiger partial charge >= 0.3 is 0 Å². The van der Waals surface area contributed by atoms with Crippen molar-refractivity contribution in [2.24, 2.45) is 0 Å². The molecule has 0 aliphatic carbocycles. The summed E-state index contributed by atoms with van der Waals surface area (Å²) < 4.78 is 66.0. The molecule has 0 saturated carbocycles. The standard InChI is InChI=1S/C39H43N3O8S/c1-40-15-13-24-18-32(45-2)35-21-28(24)29(40)12-9-23-7-10-27(11-8-23)49-34-20-26-17-31-37-25(19-36(47-4)38(48-5)39(37)50-35)14-16-41(31)42(51(6,43)44)30(26)22-33(34)46-3/h7-8,10-11,18-22,29,31H,9,12-17H2,1-6H3/t29-,31-/m0/s1. The summed E-state index contributed by atoms with van der Waals surface area (Å²) in [6.45, 7) is 1.38. The molecule has 7 bridgehead atoms. The Balaban J connectivity index is 1.39. The molecule has 0 unspecified atom stereocenters. The lowest BCUT2D eigenvalue weighted by atomic mass is 9.86. The lowest BCUT2D eigenvalue weighted by Gasteiger charge is -2.48. The second kappa shape index (κ2) is 12.8. The molecule has 5 aliphatic rings. The summed E-state index contributed by atoms with van der Waals surface area (Å²) in [6.07, 6.45) is 4.91. The first-order valence-corrected chi connectivity index (χ1v) is 19.1. The van der Waals surface area contributed by atoms with Crippen LogP contribution < -0.4 is 32.8 Å². The Morgan fingerprint density at radius 1 is 0.725 bits per heavy atom. The second-order valence-electron chi connectivity index (χ2n) is 13.6. The molecule has 11 nitrogen and oxygen atoms in total. The third-order valence-corrected chi connectivity index (χ3v) is 11.7. The Bertz CT molecular complexity index is 2120. The van der Waals surface area contributed by atoms with Crippen LogP contribution in [0.1, 0.15) is 51.9 Å². The molecule has 9 rings (SSSR count). The highest BCUT2D eigenvalue weighted by Gasteiger charge is 2.44. The minimum atomic E-state index is -3.80. The number of likely N-dealkylation sites (N-methyl/N-ethyl adjacent to an activating group) is 1. The van der Waals surface area contributed by atoms with Crippen LogP contribution in [0.25, 0.3) is 0 Å². The molecule has 0 amide bonds. The number of aryl methyl sites for hydroxylation is 1. The predicted octanol–water partition coefficient (Wildman–Crippen LogP) is 6.62. The summed E-state index contributed by atoms with van der Waals surface area (Å²) in [6, 6.07) is 17.7. The molecule has 0 radical (unpaired) electrons. The molecule has 268 valence electrons. The molecule has 12 heteroatoms. The fourth-order valence-corrected chi connectivity index (χ4v) is 9.37. The molecule has 51 heavy (non-hydrogen) atoms. The van der Waals surface area contributed by atoms with Gasteiger partial charge in [-0.3, -0.25) is 4.90 Å². The number of fused-ring (bicyclic) bond motifs is 3. The van der Waals surface area contributed by atoms with E-state index in [9.17, 15) is 8.42 Å². The first-order valence-electron chi connectivity index (χ1n) is 17.2. The normalized spacial score (nSPS) is 19.7. The first-order chi connectivity index (χ1) is 24.6. The molecule has 4 aromatic rings. The summed E-state index contributed by atoms with van der Waals surface area (Å²) in [5.41, 5.74) is 6.77. The van der Waals surface area contributed by atoms with Crippen molar-refractivity contribution in [1.82, 2.24) is 9.91 Å². The van der Waals surface area contributed by atoms with Crippen molar-refractivity contribution >= 4 is 15.7 Å². The van der Waals surface area contributed by atoms with Gasteiger partial charge in [0, 0.05) is 30.8 Å². The molecule has 0 saturated heterocycles. The number of hydrogen-bond donors (Lipinski definition) is 0. The van der Waals surface area contributed by atoms with E-state index in [2.05, 4.69) is 36.2 Å². The topological polar surface area (TPSA) is 99.2 Å². The maximum Gasteiger partial charge on any atom is 0.245 e. The highest BCUT2D eigenvalue weighted by atomic mass is 32.2. The number of nitrogens with zero attached hydrogens (tertiary/aromatic N) is 3. The largest absolute Gasteiger partial charge is 0.493 e. The van der Waals surface area contributed by atoms with Crippen LogP contribution in [0.3, 0.4) is 0 Å². The van der Waals surface area contributed by atoms with Gasteiger partial charge in [-0.1, -0.05) is 12.1 Å². The van der Waals surface area contributed by atoms with Gasteiger partial charge < -0.3 is 28.4 Å². The summed E-state index contributed by atoms with van der Waals surface area (Å²) in [5.74, 6) is 4.21. The van der Waals surface area contributed by atoms with Gasteiger partial charge in [0.1, 0.15) is 5.75 Å². The number of methoxy groups -OCH3 is 4. The van der Waals surface area contributed by atoms with Crippen molar-refractivity contribution in [3.8, 4) is 46.0 Å². The van der Waals surface area contributed by atoms with E-state index in [1.165, 1.54) is 27.4 Å². The number of sulfonamides is 1. The van der Waals surface area contributed by atoms with E-state index in [0.29, 0.717) is 71.1 Å². The Morgan fingerprint density at radius 2 is 1.41 bits per heavy atom. The molecular weight excluding hydrogens is 671 g/mol. The van der Waals surface area contributed by atoms with E-state index < -0.39 is 16.1 Å². The van der Waals surface area contributed by atoms with Gasteiger partial charge in [0.05, 0.1) is 46.4 Å². The van der Waals surface area contributed by atoms with Gasteiger partial charge in [-0.25, -0.2) is 8.42 Å². The van der Waals surface area contributed by atoms with Crippen LogP contribution >= 0.6 is 0 Å². The zero-order valence-electron chi connectivity index (χ0n) is 29.8. The van der Waals surface area contributed by atoms with Crippen LogP contribution in [0.5, 0.6) is 46.0 Å². The number of ether oxygens (including phenoxy) is 6. The summed E-state index contributed by atoms with van der Waals surface area (Å²) in [4.78, 5) is 2.41. The summed E-state index contributed by atoms with van der Waals surface area (Å²) in [5, 5.41) is 1.91. The van der Waals surface area contributed by atoms with Crippen molar-refractivity contribution in [3.05, 3.63) is 88.0 Å². The maximum atomic E-state index is 13.7. The Kier molecular flexibility index (Phi) is 8.43. The Labute approximate surface area is 299 Å². The Morgan fingerprint density at radius 3 is 2.12 bits per heavy atom. The molecule has 5 heterocycles. The molecule has 0 aromatic heterocycles. The number of hydrazine groups is 1. The van der Waals surface area contributed by atoms with Crippen molar-refractivity contribution in [2.45, 2.75) is 44.2 Å². The molecule has 0 N–H and O–H groups in total. The number of anilines is 1. The molecule has 4 aromatic carbocycles. The van der Waals surface area contributed by atoms with Crippen LogP contribution in [0.4, 0.5) is 5.69 Å². The first kappa shape index (κ1) is 33.5. The predicted molar refractivity (Wildman–Crippen MR) is 194 cm³/mol. The maximum absolute atomic E-state index is 13.7. The molecule has 0 fully saturated rings. The van der Waals surface area contributed by atoms with Crippen molar-refractivity contribution < 1.29 is 36.8 Å². The quantitative estimate of drug-likeness (QED) is 0.225. The lowest BCUT2D eigenvalue weighted by Crippen LogP contribution is -2.54. The van der Waals surface area contributed by atoms with Crippen LogP contribution in [-0.2, 0) is 35.7 Å². The molecule has 2 atom stereocenters. The SMILES string of the molecule is COc1cc2c3cc1Oc1ccc(cc1)CC[C@H]1c4cc(c(OC)cc4CCN1C)Oc1c(OC)c(OC)cc4c1[C@H](C3)N(CC4)N2S(C)(=O)=O. The monoisotopic (exact) mass is 713 g/mol. The fourth-order valence-electron chi connectivity index (χ4n) is 8.27. The number of rotatable bonds is 5. The van der Waals surface area contributed by atoms with Crippen molar-refractivity contribution in [2.75, 3.05) is 59.2 Å². The van der Waals surface area contributed by atoms with E-state index in [4.69, 9.17) is 28.4 Å². The Hall–Kier alpha value is -4.65. The van der Waals surface area contributed by atoms with E-state index in [-0.39, 0.29) is 6.04 Å². The highest BCUT2D eigenvalue weighted by Crippen LogP contribution is 2.55. The number of benzene rings is 4. The second-order valence-corrected chi connectivity index (χ2v) is 15.4. The summed E-state index contributed by atoms with van der Waals surface area (Å²) in [7, 11) is 4.80. The highest BCUT2D eigenvalue weighted by molar-refractivity contribution is 7.92. The van der Waals surface area contributed by atoms with Gasteiger partial charge in [-0.15, -0.1) is 0 Å².